The standard InChI is InChI=1S/C15H23ClN2O2/c1-3-4-9-20-10-5-8-18-15(19)13-11-12(16)6-7-14(13)17-2/h6-7,11,17H,3-5,8-10H2,1-2H3,(H,18,19). The zero-order valence-electron chi connectivity index (χ0n) is 12.2. The average molecular weight is 299 g/mol. The van der Waals surface area contributed by atoms with Gasteiger partial charge >= 0.3 is 0 Å². The number of hydrogen-bond donors (Lipinski definition) is 2. The summed E-state index contributed by atoms with van der Waals surface area (Å²) in [7, 11) is 1.78. The molecule has 5 heteroatoms. The molecule has 2 N–H and O–H groups in total. The van der Waals surface area contributed by atoms with E-state index in [2.05, 4.69) is 17.6 Å². The minimum absolute atomic E-state index is 0.120. The Balaban J connectivity index is 2.34. The van der Waals surface area contributed by atoms with E-state index >= 15 is 0 Å². The summed E-state index contributed by atoms with van der Waals surface area (Å²) < 4.78 is 5.44. The largest absolute Gasteiger partial charge is 0.387 e. The number of nitrogens with one attached hydrogen (secondary N) is 2. The molecule has 0 heterocycles. The van der Waals surface area contributed by atoms with Crippen LogP contribution < -0.4 is 10.6 Å². The third-order valence-corrected chi connectivity index (χ3v) is 3.12. The van der Waals surface area contributed by atoms with Gasteiger partial charge in [0, 0.05) is 37.5 Å². The molecule has 0 saturated carbocycles. The van der Waals surface area contributed by atoms with Crippen LogP contribution in [0.5, 0.6) is 0 Å². The quantitative estimate of drug-likeness (QED) is 0.688. The fourth-order valence-corrected chi connectivity index (χ4v) is 1.91. The number of carbonyl (C=O) groups is 1. The number of ether oxygens (including phenoxy) is 1. The summed E-state index contributed by atoms with van der Waals surface area (Å²) in [5, 5.41) is 6.41. The summed E-state index contributed by atoms with van der Waals surface area (Å²) in [5.41, 5.74) is 1.33. The SMILES string of the molecule is CCCCOCCCNC(=O)c1cc(Cl)ccc1NC. The Kier molecular flexibility index (Phi) is 8.07. The number of amides is 1. The van der Waals surface area contributed by atoms with Gasteiger partial charge in [0.05, 0.1) is 5.56 Å². The summed E-state index contributed by atoms with van der Waals surface area (Å²) in [4.78, 5) is 12.1. The maximum absolute atomic E-state index is 12.1. The highest BCUT2D eigenvalue weighted by Gasteiger charge is 2.10. The molecule has 0 spiro atoms. The molecule has 0 unspecified atom stereocenters. The van der Waals surface area contributed by atoms with E-state index in [1.807, 2.05) is 0 Å². The Morgan fingerprint density at radius 3 is 2.75 bits per heavy atom. The molecular formula is C15H23ClN2O2. The van der Waals surface area contributed by atoms with Crippen LogP contribution in [0.1, 0.15) is 36.5 Å². The molecule has 0 aliphatic heterocycles. The van der Waals surface area contributed by atoms with E-state index in [4.69, 9.17) is 16.3 Å². The first-order valence-corrected chi connectivity index (χ1v) is 7.40. The zero-order chi connectivity index (χ0) is 14.8. The molecule has 112 valence electrons. The molecule has 0 radical (unpaired) electrons. The molecular weight excluding hydrogens is 276 g/mol. The molecule has 20 heavy (non-hydrogen) atoms. The van der Waals surface area contributed by atoms with Crippen molar-refractivity contribution in [2.75, 3.05) is 32.1 Å². The first kappa shape index (κ1) is 16.8. The van der Waals surface area contributed by atoms with E-state index in [1.165, 1.54) is 0 Å². The number of rotatable bonds is 9. The molecule has 0 atom stereocenters. The van der Waals surface area contributed by atoms with Gasteiger partial charge in [-0.3, -0.25) is 4.79 Å². The zero-order valence-corrected chi connectivity index (χ0v) is 12.9. The van der Waals surface area contributed by atoms with Crippen LogP contribution in [-0.2, 0) is 4.74 Å². The van der Waals surface area contributed by atoms with Gasteiger partial charge in [0.25, 0.3) is 5.91 Å². The summed E-state index contributed by atoms with van der Waals surface area (Å²) in [5.74, 6) is -0.120. The molecule has 1 amide bonds. The van der Waals surface area contributed by atoms with Crippen LogP contribution in [0, 0.1) is 0 Å². The number of halogens is 1. The lowest BCUT2D eigenvalue weighted by molar-refractivity contribution is 0.0941. The van der Waals surface area contributed by atoms with Gasteiger partial charge in [-0.1, -0.05) is 24.9 Å². The Labute approximate surface area is 125 Å². The van der Waals surface area contributed by atoms with Crippen molar-refractivity contribution in [3.05, 3.63) is 28.8 Å². The van der Waals surface area contributed by atoms with E-state index in [9.17, 15) is 4.79 Å². The maximum atomic E-state index is 12.1. The lowest BCUT2D eigenvalue weighted by Gasteiger charge is -2.10. The topological polar surface area (TPSA) is 50.4 Å². The average Bonchev–Trinajstić information content (AvgIpc) is 2.46. The fourth-order valence-electron chi connectivity index (χ4n) is 1.74. The molecule has 1 aromatic carbocycles. The van der Waals surface area contributed by atoms with Crippen molar-refractivity contribution in [3.8, 4) is 0 Å². The molecule has 1 rings (SSSR count). The van der Waals surface area contributed by atoms with Gasteiger partial charge in [0.15, 0.2) is 0 Å². The maximum Gasteiger partial charge on any atom is 0.253 e. The molecule has 0 aliphatic rings. The molecule has 1 aromatic rings. The van der Waals surface area contributed by atoms with Crippen LogP contribution in [0.4, 0.5) is 5.69 Å². The molecule has 0 aliphatic carbocycles. The van der Waals surface area contributed by atoms with E-state index in [0.29, 0.717) is 23.7 Å². The third-order valence-electron chi connectivity index (χ3n) is 2.89. The van der Waals surface area contributed by atoms with Gasteiger partial charge in [0.2, 0.25) is 0 Å². The van der Waals surface area contributed by atoms with E-state index in [0.717, 1.165) is 31.6 Å². The van der Waals surface area contributed by atoms with Crippen molar-refractivity contribution < 1.29 is 9.53 Å². The van der Waals surface area contributed by atoms with Crippen LogP contribution in [0.3, 0.4) is 0 Å². The second-order valence-corrected chi connectivity index (χ2v) is 4.95. The third kappa shape index (κ3) is 5.80. The second kappa shape index (κ2) is 9.61. The highest BCUT2D eigenvalue weighted by atomic mass is 35.5. The Morgan fingerprint density at radius 1 is 1.30 bits per heavy atom. The summed E-state index contributed by atoms with van der Waals surface area (Å²) in [6, 6.07) is 5.22. The summed E-state index contributed by atoms with van der Waals surface area (Å²) >= 11 is 5.92. The van der Waals surface area contributed by atoms with Crippen LogP contribution in [-0.4, -0.2) is 32.7 Å². The molecule has 4 nitrogen and oxygen atoms in total. The summed E-state index contributed by atoms with van der Waals surface area (Å²) in [6.45, 7) is 4.20. The second-order valence-electron chi connectivity index (χ2n) is 4.52. The number of hydrogen-bond acceptors (Lipinski definition) is 3. The van der Waals surface area contributed by atoms with Crippen molar-refractivity contribution in [3.63, 3.8) is 0 Å². The van der Waals surface area contributed by atoms with E-state index in [1.54, 1.807) is 25.2 Å². The first-order chi connectivity index (χ1) is 9.69. The highest BCUT2D eigenvalue weighted by molar-refractivity contribution is 6.31. The van der Waals surface area contributed by atoms with Gasteiger partial charge in [-0.05, 0) is 31.0 Å². The van der Waals surface area contributed by atoms with E-state index < -0.39 is 0 Å². The molecule has 0 aromatic heterocycles. The number of unbranched alkanes of at least 4 members (excludes halogenated alkanes) is 1. The van der Waals surface area contributed by atoms with E-state index in [-0.39, 0.29) is 5.91 Å². The Hall–Kier alpha value is -1.26. The van der Waals surface area contributed by atoms with Gasteiger partial charge in [-0.25, -0.2) is 0 Å². The lowest BCUT2D eigenvalue weighted by Crippen LogP contribution is -2.26. The predicted molar refractivity (Wildman–Crippen MR) is 83.7 cm³/mol. The van der Waals surface area contributed by atoms with Crippen LogP contribution in [0.15, 0.2) is 18.2 Å². The van der Waals surface area contributed by atoms with Gasteiger partial charge < -0.3 is 15.4 Å². The van der Waals surface area contributed by atoms with Crippen molar-refractivity contribution >= 4 is 23.2 Å². The summed E-state index contributed by atoms with van der Waals surface area (Å²) in [6.07, 6.45) is 3.03. The minimum Gasteiger partial charge on any atom is -0.387 e. The highest BCUT2D eigenvalue weighted by Crippen LogP contribution is 2.20. The van der Waals surface area contributed by atoms with Crippen LogP contribution in [0.25, 0.3) is 0 Å². The lowest BCUT2D eigenvalue weighted by atomic mass is 10.1. The van der Waals surface area contributed by atoms with Gasteiger partial charge in [0.1, 0.15) is 0 Å². The van der Waals surface area contributed by atoms with Gasteiger partial charge in [-0.15, -0.1) is 0 Å². The van der Waals surface area contributed by atoms with Crippen molar-refractivity contribution in [1.29, 1.82) is 0 Å². The van der Waals surface area contributed by atoms with Crippen LogP contribution in [0.2, 0.25) is 5.02 Å². The van der Waals surface area contributed by atoms with Crippen molar-refractivity contribution in [2.45, 2.75) is 26.2 Å². The predicted octanol–water partition coefficient (Wildman–Crippen LogP) is 3.32. The number of benzene rings is 1. The smallest absolute Gasteiger partial charge is 0.253 e. The number of carbonyl (C=O) groups excluding carboxylic acids is 1. The minimum atomic E-state index is -0.120. The van der Waals surface area contributed by atoms with Crippen molar-refractivity contribution in [1.82, 2.24) is 5.32 Å². The fraction of sp³-hybridized carbons (Fsp3) is 0.533. The monoisotopic (exact) mass is 298 g/mol. The normalized spacial score (nSPS) is 10.3. The first-order valence-electron chi connectivity index (χ1n) is 7.02. The van der Waals surface area contributed by atoms with Gasteiger partial charge in [-0.2, -0.15) is 0 Å². The molecule has 0 bridgehead atoms. The van der Waals surface area contributed by atoms with Crippen LogP contribution >= 0.6 is 11.6 Å². The number of anilines is 1. The molecule has 0 fully saturated rings. The Morgan fingerprint density at radius 2 is 2.05 bits per heavy atom. The Bertz CT molecular complexity index is 424. The molecule has 0 saturated heterocycles. The van der Waals surface area contributed by atoms with Crippen molar-refractivity contribution in [2.24, 2.45) is 0 Å².